The monoisotopic (exact) mass is 379 g/mol. The smallest absolute Gasteiger partial charge is 0.227 e. The third kappa shape index (κ3) is 5.35. The summed E-state index contributed by atoms with van der Waals surface area (Å²) >= 11 is 0. The highest BCUT2D eigenvalue weighted by Gasteiger charge is 2.18. The fourth-order valence-corrected chi connectivity index (χ4v) is 3.83. The minimum absolute atomic E-state index is 0.0951. The zero-order valence-electron chi connectivity index (χ0n) is 17.4. The number of amides is 1. The number of benzene rings is 2. The molecule has 0 aromatic heterocycles. The van der Waals surface area contributed by atoms with Crippen molar-refractivity contribution in [2.45, 2.75) is 33.1 Å². The third-order valence-electron chi connectivity index (χ3n) is 5.72. The van der Waals surface area contributed by atoms with Crippen LogP contribution in [0.1, 0.15) is 36.0 Å². The van der Waals surface area contributed by atoms with Gasteiger partial charge in [-0.1, -0.05) is 42.5 Å². The van der Waals surface area contributed by atoms with Gasteiger partial charge in [0.05, 0.1) is 5.92 Å². The van der Waals surface area contributed by atoms with Crippen molar-refractivity contribution in [2.24, 2.45) is 0 Å². The van der Waals surface area contributed by atoms with E-state index in [0.717, 1.165) is 51.3 Å². The molecule has 1 saturated heterocycles. The first kappa shape index (κ1) is 20.4. The summed E-state index contributed by atoms with van der Waals surface area (Å²) in [6, 6.07) is 16.7. The van der Waals surface area contributed by atoms with Crippen molar-refractivity contribution in [3.05, 3.63) is 65.2 Å². The Bertz CT molecular complexity index is 767. The molecule has 3 rings (SSSR count). The molecule has 1 aliphatic rings. The number of aryl methyl sites for hydroxylation is 2. The molecule has 1 amide bonds. The van der Waals surface area contributed by atoms with Gasteiger partial charge < -0.3 is 10.2 Å². The maximum atomic E-state index is 12.3. The summed E-state index contributed by atoms with van der Waals surface area (Å²) in [4.78, 5) is 17.3. The Labute approximate surface area is 169 Å². The number of anilines is 1. The number of piperazine rings is 1. The Kier molecular flexibility index (Phi) is 7.10. The molecule has 0 aliphatic carbocycles. The maximum Gasteiger partial charge on any atom is 0.227 e. The Hall–Kier alpha value is -2.33. The van der Waals surface area contributed by atoms with Gasteiger partial charge in [0.1, 0.15) is 0 Å². The van der Waals surface area contributed by atoms with E-state index in [1.807, 2.05) is 37.3 Å². The van der Waals surface area contributed by atoms with E-state index >= 15 is 0 Å². The summed E-state index contributed by atoms with van der Waals surface area (Å²) in [5.41, 5.74) is 5.13. The molecule has 1 N–H and O–H groups in total. The Morgan fingerprint density at radius 3 is 2.46 bits per heavy atom. The predicted octanol–water partition coefficient (Wildman–Crippen LogP) is 3.74. The number of carbonyl (C=O) groups excluding carboxylic acids is 1. The van der Waals surface area contributed by atoms with Crippen LogP contribution in [0.5, 0.6) is 0 Å². The second kappa shape index (κ2) is 9.74. The van der Waals surface area contributed by atoms with Gasteiger partial charge in [0.25, 0.3) is 0 Å². The van der Waals surface area contributed by atoms with Crippen LogP contribution in [0.25, 0.3) is 0 Å². The number of nitrogens with one attached hydrogen (secondary N) is 1. The number of hydrogen-bond donors (Lipinski definition) is 1. The molecule has 0 bridgehead atoms. The molecule has 0 spiro atoms. The van der Waals surface area contributed by atoms with Gasteiger partial charge in [-0.05, 0) is 56.5 Å². The average Bonchev–Trinajstić information content (AvgIpc) is 2.73. The van der Waals surface area contributed by atoms with Crippen LogP contribution in [0.4, 0.5) is 5.69 Å². The van der Waals surface area contributed by atoms with E-state index in [-0.39, 0.29) is 11.8 Å². The first-order chi connectivity index (χ1) is 13.5. The first-order valence-corrected chi connectivity index (χ1v) is 10.4. The molecule has 4 nitrogen and oxygen atoms in total. The summed E-state index contributed by atoms with van der Waals surface area (Å²) in [6.45, 7) is 12.4. The van der Waals surface area contributed by atoms with E-state index < -0.39 is 0 Å². The molecule has 1 unspecified atom stereocenters. The molecule has 150 valence electrons. The quantitative estimate of drug-likeness (QED) is 0.745. The van der Waals surface area contributed by atoms with Gasteiger partial charge >= 0.3 is 0 Å². The zero-order valence-corrected chi connectivity index (χ0v) is 17.4. The summed E-state index contributed by atoms with van der Waals surface area (Å²) in [5, 5.41) is 3.09. The molecule has 0 radical (unpaired) electrons. The highest BCUT2D eigenvalue weighted by Crippen LogP contribution is 2.22. The van der Waals surface area contributed by atoms with Crippen LogP contribution in [-0.4, -0.2) is 50.1 Å². The normalized spacial score (nSPS) is 16.0. The number of nitrogens with zero attached hydrogens (tertiary/aromatic N) is 2. The van der Waals surface area contributed by atoms with E-state index in [4.69, 9.17) is 0 Å². The molecule has 28 heavy (non-hydrogen) atoms. The molecule has 2 aromatic rings. The minimum atomic E-state index is -0.0951. The van der Waals surface area contributed by atoms with Crippen LogP contribution in [0, 0.1) is 13.8 Å². The second-order valence-corrected chi connectivity index (χ2v) is 7.90. The van der Waals surface area contributed by atoms with Crippen LogP contribution >= 0.6 is 0 Å². The van der Waals surface area contributed by atoms with Gasteiger partial charge in [-0.3, -0.25) is 9.69 Å². The van der Waals surface area contributed by atoms with Gasteiger partial charge in [0, 0.05) is 38.4 Å². The molecule has 0 saturated carbocycles. The van der Waals surface area contributed by atoms with Crippen molar-refractivity contribution >= 4 is 11.6 Å². The zero-order chi connectivity index (χ0) is 19.9. The van der Waals surface area contributed by atoms with Crippen molar-refractivity contribution in [1.82, 2.24) is 10.2 Å². The van der Waals surface area contributed by atoms with E-state index in [0.29, 0.717) is 0 Å². The number of carbonyl (C=O) groups is 1. The Balaban J connectivity index is 1.37. The lowest BCUT2D eigenvalue weighted by Crippen LogP contribution is -2.47. The Morgan fingerprint density at radius 2 is 1.75 bits per heavy atom. The van der Waals surface area contributed by atoms with Crippen molar-refractivity contribution in [1.29, 1.82) is 0 Å². The lowest BCUT2D eigenvalue weighted by molar-refractivity contribution is -0.122. The average molecular weight is 380 g/mol. The predicted molar refractivity (Wildman–Crippen MR) is 117 cm³/mol. The van der Waals surface area contributed by atoms with Gasteiger partial charge in [0.15, 0.2) is 0 Å². The van der Waals surface area contributed by atoms with E-state index in [1.165, 1.54) is 16.8 Å². The van der Waals surface area contributed by atoms with Crippen LogP contribution in [0.3, 0.4) is 0 Å². The van der Waals surface area contributed by atoms with Gasteiger partial charge in [-0.2, -0.15) is 0 Å². The van der Waals surface area contributed by atoms with Gasteiger partial charge in [-0.25, -0.2) is 0 Å². The summed E-state index contributed by atoms with van der Waals surface area (Å²) in [5.74, 6) is 0.0215. The second-order valence-electron chi connectivity index (χ2n) is 7.90. The van der Waals surface area contributed by atoms with Crippen molar-refractivity contribution in [2.75, 3.05) is 44.2 Å². The summed E-state index contributed by atoms with van der Waals surface area (Å²) in [7, 11) is 0. The lowest BCUT2D eigenvalue weighted by atomic mass is 10.0. The summed E-state index contributed by atoms with van der Waals surface area (Å²) in [6.07, 6.45) is 0.997. The van der Waals surface area contributed by atoms with Crippen molar-refractivity contribution < 1.29 is 4.79 Å². The maximum absolute atomic E-state index is 12.3. The fraction of sp³-hybridized carbons (Fsp3) is 0.458. The Morgan fingerprint density at radius 1 is 1.04 bits per heavy atom. The van der Waals surface area contributed by atoms with Crippen LogP contribution in [-0.2, 0) is 4.79 Å². The van der Waals surface area contributed by atoms with Crippen molar-refractivity contribution in [3.63, 3.8) is 0 Å². The van der Waals surface area contributed by atoms with Crippen LogP contribution in [0.15, 0.2) is 48.5 Å². The van der Waals surface area contributed by atoms with Crippen LogP contribution in [0.2, 0.25) is 0 Å². The largest absolute Gasteiger partial charge is 0.369 e. The standard InChI is InChI=1S/C24H33N3O/c1-19-10-11-20(2)23(18-19)27-16-14-26(15-17-27)13-7-12-25-24(28)21(3)22-8-5-4-6-9-22/h4-6,8-11,18,21H,7,12-17H2,1-3H3,(H,25,28). The number of rotatable bonds is 7. The first-order valence-electron chi connectivity index (χ1n) is 10.4. The third-order valence-corrected chi connectivity index (χ3v) is 5.72. The highest BCUT2D eigenvalue weighted by molar-refractivity contribution is 5.83. The van der Waals surface area contributed by atoms with E-state index in [2.05, 4.69) is 47.2 Å². The van der Waals surface area contributed by atoms with E-state index in [9.17, 15) is 4.79 Å². The molecule has 1 aliphatic heterocycles. The minimum Gasteiger partial charge on any atom is -0.369 e. The van der Waals surface area contributed by atoms with Crippen LogP contribution < -0.4 is 10.2 Å². The van der Waals surface area contributed by atoms with E-state index in [1.54, 1.807) is 0 Å². The number of hydrogen-bond acceptors (Lipinski definition) is 3. The van der Waals surface area contributed by atoms with Gasteiger partial charge in [0.2, 0.25) is 5.91 Å². The molecular formula is C24H33N3O. The molecule has 2 aromatic carbocycles. The molecule has 1 fully saturated rings. The fourth-order valence-electron chi connectivity index (χ4n) is 3.83. The molecular weight excluding hydrogens is 346 g/mol. The lowest BCUT2D eigenvalue weighted by Gasteiger charge is -2.37. The molecule has 4 heteroatoms. The van der Waals surface area contributed by atoms with Crippen molar-refractivity contribution in [3.8, 4) is 0 Å². The summed E-state index contributed by atoms with van der Waals surface area (Å²) < 4.78 is 0. The molecule has 1 atom stereocenters. The highest BCUT2D eigenvalue weighted by atomic mass is 16.1. The SMILES string of the molecule is Cc1ccc(C)c(N2CCN(CCCNC(=O)C(C)c3ccccc3)CC2)c1. The molecule has 1 heterocycles. The van der Waals surface area contributed by atoms with Gasteiger partial charge in [-0.15, -0.1) is 0 Å². The topological polar surface area (TPSA) is 35.6 Å².